The van der Waals surface area contributed by atoms with Gasteiger partial charge in [0.1, 0.15) is 22.3 Å². The van der Waals surface area contributed by atoms with Gasteiger partial charge in [0.2, 0.25) is 0 Å². The van der Waals surface area contributed by atoms with Gasteiger partial charge >= 0.3 is 0 Å². The average Bonchev–Trinajstić information content (AvgIpc) is 1.42. The molecule has 2 aromatic heterocycles. The van der Waals surface area contributed by atoms with Gasteiger partial charge in [-0.05, 0) is 164 Å². The third-order valence-electron chi connectivity index (χ3n) is 12.7. The number of hydrogen-bond acceptors (Lipinski definition) is 2. The second-order valence-corrected chi connectivity index (χ2v) is 16.1. The molecule has 0 atom stereocenters. The predicted octanol–water partition coefficient (Wildman–Crippen LogP) is 17.9. The zero-order valence-corrected chi connectivity index (χ0v) is 33.1. The lowest BCUT2D eigenvalue weighted by atomic mass is 9.89. The average molecular weight is 829 g/mol. The molecule has 2 heterocycles. The minimum absolute atomic E-state index is 0.0713. The van der Waals surface area contributed by atoms with E-state index in [9.17, 15) is 8.22 Å². The highest BCUT2D eigenvalue weighted by Crippen LogP contribution is 2.44. The van der Waals surface area contributed by atoms with Crippen molar-refractivity contribution in [3.05, 3.63) is 206 Å². The van der Waals surface area contributed by atoms with Crippen LogP contribution in [0.15, 0.2) is 215 Å². The Morgan fingerprint density at radius 1 is 0.266 bits per heavy atom. The largest absolute Gasteiger partial charge is 0.456 e. The Labute approximate surface area is 391 Å². The fraction of sp³-hybridized carbons (Fsp3) is 0. The lowest BCUT2D eigenvalue weighted by molar-refractivity contribution is 0.668. The molecule has 0 saturated heterocycles. The Hall–Kier alpha value is -8.46. The number of benzene rings is 13. The van der Waals surface area contributed by atoms with E-state index in [-0.39, 0.29) is 112 Å². The van der Waals surface area contributed by atoms with Crippen LogP contribution in [-0.2, 0) is 0 Å². The van der Waals surface area contributed by atoms with Crippen molar-refractivity contribution < 1.29 is 33.5 Å². The molecule has 2 nitrogen and oxygen atoms in total. The molecule has 0 aliphatic heterocycles. The monoisotopic (exact) mass is 828 g/mol. The van der Waals surface area contributed by atoms with E-state index in [0.29, 0.717) is 44.2 Å². The van der Waals surface area contributed by atoms with Gasteiger partial charge < -0.3 is 8.83 Å². The van der Waals surface area contributed by atoms with Crippen molar-refractivity contribution in [2.45, 2.75) is 0 Å². The number of furan rings is 2. The van der Waals surface area contributed by atoms with E-state index in [0.717, 1.165) is 33.0 Å². The fourth-order valence-electron chi connectivity index (χ4n) is 9.66. The molecule has 13 aromatic carbocycles. The van der Waals surface area contributed by atoms with Gasteiger partial charge in [-0.1, -0.05) is 151 Å². The molecule has 15 rings (SSSR count). The number of hydrogen-bond donors (Lipinski definition) is 0. The van der Waals surface area contributed by atoms with Gasteiger partial charge in [-0.15, -0.1) is 0 Å². The van der Waals surface area contributed by atoms with Crippen molar-refractivity contribution in [2.24, 2.45) is 0 Å². The molecule has 0 fully saturated rings. The maximum absolute atomic E-state index is 9.36. The van der Waals surface area contributed by atoms with Crippen molar-refractivity contribution in [1.82, 2.24) is 0 Å². The van der Waals surface area contributed by atoms with Crippen LogP contribution in [0.1, 0.15) is 24.7 Å². The SMILES string of the molecule is [2H]c1c([2H])c2c([2H])c([2H])c3c([2H])c([2H])c(-c4ccc5oc6ccc(-c7cccc(-c8ccc9oc%10ccc(-c%11c([2H])c([2H])c%12c([2H])c([2H])c%13c([2H])c([2H])c([2H])c%14c([2H])c([2H])c%11c%12c%13%14)cc%10c9c8)c7)cc6c5c4)c4c([2H])c([2H])c(c1[2H])c2c34. The molecule has 0 unspecified atom stereocenters. The molecule has 0 amide bonds. The van der Waals surface area contributed by atoms with Crippen LogP contribution < -0.4 is 0 Å². The summed E-state index contributed by atoms with van der Waals surface area (Å²) in [7, 11) is 0. The van der Waals surface area contributed by atoms with Crippen molar-refractivity contribution >= 4 is 109 Å². The normalized spacial score (nSPS) is 16.3. The molecule has 0 radical (unpaired) electrons. The topological polar surface area (TPSA) is 26.3 Å². The van der Waals surface area contributed by atoms with Crippen LogP contribution in [-0.4, -0.2) is 0 Å². The van der Waals surface area contributed by atoms with Crippen molar-refractivity contribution in [2.75, 3.05) is 0 Å². The third-order valence-corrected chi connectivity index (χ3v) is 12.7. The van der Waals surface area contributed by atoms with Crippen molar-refractivity contribution in [3.8, 4) is 44.5 Å². The van der Waals surface area contributed by atoms with Crippen LogP contribution >= 0.6 is 0 Å². The Morgan fingerprint density at radius 3 is 1.02 bits per heavy atom. The van der Waals surface area contributed by atoms with Gasteiger partial charge in [0.05, 0.1) is 24.7 Å². The molecule has 15 aromatic rings. The van der Waals surface area contributed by atoms with Crippen LogP contribution in [0.2, 0.25) is 0 Å². The second-order valence-electron chi connectivity index (χ2n) is 16.1. The van der Waals surface area contributed by atoms with Crippen molar-refractivity contribution in [3.63, 3.8) is 0 Å². The van der Waals surface area contributed by atoms with Gasteiger partial charge in [0.15, 0.2) is 0 Å². The zero-order valence-electron chi connectivity index (χ0n) is 51.1. The zero-order chi connectivity index (χ0) is 57.3. The minimum atomic E-state index is -0.537. The maximum atomic E-state index is 9.36. The molecule has 0 saturated carbocycles. The summed E-state index contributed by atoms with van der Waals surface area (Å²) in [6.45, 7) is 0. The lowest BCUT2D eigenvalue weighted by Gasteiger charge is -2.14. The molecule has 0 N–H and O–H groups in total. The first-order chi connectivity index (χ1) is 39.2. The number of fused-ring (bicyclic) bond motifs is 6. The molecular weight excluding hydrogens is 777 g/mol. The van der Waals surface area contributed by atoms with E-state index in [4.69, 9.17) is 25.3 Å². The highest BCUT2D eigenvalue weighted by molar-refractivity contribution is 6.27. The van der Waals surface area contributed by atoms with Gasteiger partial charge in [0.25, 0.3) is 0 Å². The smallest absolute Gasteiger partial charge is 0.135 e. The second kappa shape index (κ2) is 12.6. The fourth-order valence-corrected chi connectivity index (χ4v) is 9.66. The molecule has 0 spiro atoms. The molecule has 0 aliphatic carbocycles. The van der Waals surface area contributed by atoms with Gasteiger partial charge in [0, 0.05) is 21.5 Å². The summed E-state index contributed by atoms with van der Waals surface area (Å²) in [5, 5.41) is 2.62. The van der Waals surface area contributed by atoms with Gasteiger partial charge in [-0.2, -0.15) is 0 Å². The summed E-state index contributed by atoms with van der Waals surface area (Å²) in [5.74, 6) is 0. The van der Waals surface area contributed by atoms with E-state index in [1.165, 1.54) is 0 Å². The minimum Gasteiger partial charge on any atom is -0.456 e. The summed E-state index contributed by atoms with van der Waals surface area (Å²) in [6, 6.07) is 22.2. The van der Waals surface area contributed by atoms with E-state index < -0.39 is 72.5 Å². The van der Waals surface area contributed by atoms with E-state index in [2.05, 4.69) is 0 Å². The Bertz CT molecular complexity index is 5120. The van der Waals surface area contributed by atoms with Gasteiger partial charge in [-0.3, -0.25) is 0 Å². The molecule has 2 heteroatoms. The summed E-state index contributed by atoms with van der Waals surface area (Å²) < 4.78 is 174. The van der Waals surface area contributed by atoms with Crippen LogP contribution in [0.25, 0.3) is 153 Å². The Morgan fingerprint density at radius 2 is 0.594 bits per heavy atom. The maximum Gasteiger partial charge on any atom is 0.135 e. The first kappa shape index (κ1) is 21.6. The van der Waals surface area contributed by atoms with Crippen LogP contribution in [0, 0.1) is 0 Å². The highest BCUT2D eigenvalue weighted by atomic mass is 16.3. The standard InChI is InChI=1S/C62H34O2/c1-4-35-10-12-39-14-22-47(49-24-16-37(6-1)59(35)61(39)49)45-20-28-57-53(33-45)51-31-43(18-26-55(51)63-57)41-8-3-9-42(30-41)44-19-27-56-52(32-44)54-34-46(21-29-58(54)64-56)48-23-15-40-13-11-36-5-2-7-38-17-25-50(48)62(40)60(36)38/h1-34H/i1D,2D,4D,5D,6D,7D,10D,11D,12D,13D,14D,15D,16D,17D,22D,23D,24D,25D. The number of rotatable bonds is 4. The van der Waals surface area contributed by atoms with E-state index in [1.807, 2.05) is 60.7 Å². The van der Waals surface area contributed by atoms with Crippen molar-refractivity contribution in [1.29, 1.82) is 0 Å². The predicted molar refractivity (Wildman–Crippen MR) is 270 cm³/mol. The summed E-state index contributed by atoms with van der Waals surface area (Å²) in [5.41, 5.74) is 6.63. The lowest BCUT2D eigenvalue weighted by Crippen LogP contribution is -1.87. The molecule has 0 aliphatic rings. The first-order valence-corrected chi connectivity index (χ1v) is 20.6. The van der Waals surface area contributed by atoms with Crippen LogP contribution in [0.5, 0.6) is 0 Å². The quantitative estimate of drug-likeness (QED) is 0.165. The van der Waals surface area contributed by atoms with E-state index >= 15 is 0 Å². The molecule has 0 bridgehead atoms. The van der Waals surface area contributed by atoms with Gasteiger partial charge in [-0.25, -0.2) is 0 Å². The highest BCUT2D eigenvalue weighted by Gasteiger charge is 2.17. The van der Waals surface area contributed by atoms with Crippen LogP contribution in [0.3, 0.4) is 0 Å². The Kier molecular flexibility index (Phi) is 4.23. The summed E-state index contributed by atoms with van der Waals surface area (Å²) in [4.78, 5) is 0. The van der Waals surface area contributed by atoms with Crippen LogP contribution in [0.4, 0.5) is 0 Å². The first-order valence-electron chi connectivity index (χ1n) is 29.6. The molecular formula is C62H34O2. The van der Waals surface area contributed by atoms with E-state index in [1.54, 1.807) is 36.4 Å². The summed E-state index contributed by atoms with van der Waals surface area (Å²) in [6.07, 6.45) is 0. The molecule has 64 heavy (non-hydrogen) atoms. The summed E-state index contributed by atoms with van der Waals surface area (Å²) >= 11 is 0. The molecule has 294 valence electrons. The Balaban J connectivity index is 0.856. The third kappa shape index (κ3) is 4.80.